The summed E-state index contributed by atoms with van der Waals surface area (Å²) in [4.78, 5) is 20.5. The second kappa shape index (κ2) is 9.03. The molecule has 8 nitrogen and oxygen atoms in total. The molecule has 162 valence electrons. The Balaban J connectivity index is 1.67. The van der Waals surface area contributed by atoms with E-state index >= 15 is 4.39 Å². The minimum atomic E-state index is -0.604. The number of benzene rings is 2. The summed E-state index contributed by atoms with van der Waals surface area (Å²) < 4.78 is 17.1. The van der Waals surface area contributed by atoms with E-state index in [0.717, 1.165) is 0 Å². The van der Waals surface area contributed by atoms with Crippen molar-refractivity contribution in [2.45, 2.75) is 13.5 Å². The Labute approximate surface area is 188 Å². The van der Waals surface area contributed by atoms with Crippen LogP contribution in [0.3, 0.4) is 0 Å². The highest BCUT2D eigenvalue weighted by atomic mass is 35.5. The Morgan fingerprint density at radius 2 is 1.97 bits per heavy atom. The Kier molecular flexibility index (Phi) is 6.00. The largest absolute Gasteiger partial charge is 0.368 e. The lowest BCUT2D eigenvalue weighted by Gasteiger charge is -2.11. The summed E-state index contributed by atoms with van der Waals surface area (Å²) >= 11 is 5.93. The second-order valence-corrected chi connectivity index (χ2v) is 7.24. The van der Waals surface area contributed by atoms with Crippen LogP contribution >= 0.6 is 11.6 Å². The number of urea groups is 1. The van der Waals surface area contributed by atoms with E-state index in [1.807, 2.05) is 6.92 Å². The fourth-order valence-electron chi connectivity index (χ4n) is 3.16. The number of halogens is 2. The fraction of sp³-hybridized carbons (Fsp3) is 0.0909. The molecule has 4 N–H and O–H groups in total. The number of hydrogen-bond acceptors (Lipinski definition) is 5. The predicted octanol–water partition coefficient (Wildman–Crippen LogP) is 5.05. The van der Waals surface area contributed by atoms with Gasteiger partial charge in [-0.05, 0) is 37.3 Å². The van der Waals surface area contributed by atoms with Crippen molar-refractivity contribution in [3.8, 4) is 22.5 Å². The Morgan fingerprint density at radius 3 is 2.72 bits per heavy atom. The zero-order chi connectivity index (χ0) is 22.7. The number of anilines is 3. The fourth-order valence-corrected chi connectivity index (χ4v) is 3.35. The van der Waals surface area contributed by atoms with Crippen LogP contribution in [0.1, 0.15) is 6.92 Å². The highest BCUT2D eigenvalue weighted by molar-refractivity contribution is 6.30. The van der Waals surface area contributed by atoms with Crippen LogP contribution in [0.2, 0.25) is 5.02 Å². The van der Waals surface area contributed by atoms with Crippen molar-refractivity contribution in [3.63, 3.8) is 0 Å². The number of amides is 2. The number of nitrogens with zero attached hydrogens (tertiary/aromatic N) is 4. The lowest BCUT2D eigenvalue weighted by atomic mass is 10.0. The van der Waals surface area contributed by atoms with E-state index in [-0.39, 0.29) is 17.2 Å². The molecule has 2 amide bonds. The third-order valence-corrected chi connectivity index (χ3v) is 4.86. The number of carbonyl (C=O) groups excluding carboxylic acids is 1. The Bertz CT molecular complexity index is 1290. The number of nitrogens with one attached hydrogen (secondary N) is 2. The van der Waals surface area contributed by atoms with Gasteiger partial charge in [0.05, 0.1) is 11.4 Å². The van der Waals surface area contributed by atoms with Crippen LogP contribution in [0.15, 0.2) is 60.9 Å². The molecule has 10 heteroatoms. The molecule has 2 aromatic carbocycles. The van der Waals surface area contributed by atoms with Gasteiger partial charge in [-0.15, -0.1) is 0 Å². The van der Waals surface area contributed by atoms with E-state index in [1.54, 1.807) is 53.3 Å². The maximum Gasteiger partial charge on any atom is 0.323 e. The van der Waals surface area contributed by atoms with Gasteiger partial charge < -0.3 is 16.4 Å². The summed E-state index contributed by atoms with van der Waals surface area (Å²) in [5.41, 5.74) is 7.91. The van der Waals surface area contributed by atoms with E-state index in [9.17, 15) is 4.79 Å². The first kappa shape index (κ1) is 21.3. The average Bonchev–Trinajstić information content (AvgIpc) is 3.19. The van der Waals surface area contributed by atoms with Crippen molar-refractivity contribution in [3.05, 3.63) is 71.8 Å². The van der Waals surface area contributed by atoms with Gasteiger partial charge in [0.2, 0.25) is 5.95 Å². The summed E-state index contributed by atoms with van der Waals surface area (Å²) in [6.45, 7) is 2.50. The van der Waals surface area contributed by atoms with Crippen LogP contribution in [-0.2, 0) is 6.54 Å². The van der Waals surface area contributed by atoms with E-state index in [0.29, 0.717) is 34.2 Å². The summed E-state index contributed by atoms with van der Waals surface area (Å²) in [5, 5.41) is 10.1. The molecular weight excluding hydrogens is 433 g/mol. The molecule has 0 radical (unpaired) electrons. The van der Waals surface area contributed by atoms with E-state index in [2.05, 4.69) is 25.7 Å². The number of nitrogens with two attached hydrogens (primary N) is 1. The minimum absolute atomic E-state index is 0.0134. The zero-order valence-electron chi connectivity index (χ0n) is 17.0. The van der Waals surface area contributed by atoms with Gasteiger partial charge in [0, 0.05) is 40.8 Å². The van der Waals surface area contributed by atoms with Crippen molar-refractivity contribution < 1.29 is 9.18 Å². The number of aryl methyl sites for hydroxylation is 1. The lowest BCUT2D eigenvalue weighted by molar-refractivity contribution is 0.262. The van der Waals surface area contributed by atoms with E-state index in [4.69, 9.17) is 17.3 Å². The first-order chi connectivity index (χ1) is 15.4. The van der Waals surface area contributed by atoms with Crippen molar-refractivity contribution in [2.75, 3.05) is 16.4 Å². The molecule has 32 heavy (non-hydrogen) atoms. The molecule has 2 heterocycles. The van der Waals surface area contributed by atoms with Crippen molar-refractivity contribution in [1.29, 1.82) is 0 Å². The Hall–Kier alpha value is -3.98. The number of hydrogen-bond donors (Lipinski definition) is 3. The summed E-state index contributed by atoms with van der Waals surface area (Å²) in [5.74, 6) is -0.513. The number of nitrogen functional groups attached to an aromatic ring is 1. The molecule has 0 saturated carbocycles. The number of rotatable bonds is 5. The molecule has 0 aliphatic heterocycles. The first-order valence-corrected chi connectivity index (χ1v) is 10.1. The SMILES string of the molecule is CCn1cc(-c2cccc(NC(=O)Nc3cccc(Cl)c3)c2F)c(-c2ccnc(N)n2)n1. The molecule has 0 fully saturated rings. The minimum Gasteiger partial charge on any atom is -0.368 e. The smallest absolute Gasteiger partial charge is 0.323 e. The molecule has 4 aromatic rings. The molecule has 0 bridgehead atoms. The average molecular weight is 452 g/mol. The highest BCUT2D eigenvalue weighted by Crippen LogP contribution is 2.34. The predicted molar refractivity (Wildman–Crippen MR) is 123 cm³/mol. The first-order valence-electron chi connectivity index (χ1n) is 9.73. The quantitative estimate of drug-likeness (QED) is 0.393. The van der Waals surface area contributed by atoms with E-state index in [1.165, 1.54) is 12.3 Å². The third kappa shape index (κ3) is 4.52. The van der Waals surface area contributed by atoms with Crippen molar-refractivity contribution in [2.24, 2.45) is 0 Å². The van der Waals surface area contributed by atoms with Gasteiger partial charge >= 0.3 is 6.03 Å². The number of aromatic nitrogens is 4. The van der Waals surface area contributed by atoms with Gasteiger partial charge in [-0.3, -0.25) is 4.68 Å². The summed E-state index contributed by atoms with van der Waals surface area (Å²) in [6.07, 6.45) is 3.24. The molecule has 0 saturated heterocycles. The van der Waals surface area contributed by atoms with Crippen LogP contribution in [0.25, 0.3) is 22.5 Å². The lowest BCUT2D eigenvalue weighted by Crippen LogP contribution is -2.20. The Morgan fingerprint density at radius 1 is 1.16 bits per heavy atom. The second-order valence-electron chi connectivity index (χ2n) is 6.80. The summed E-state index contributed by atoms with van der Waals surface area (Å²) in [6, 6.07) is 12.4. The van der Waals surface area contributed by atoms with Gasteiger partial charge in [-0.2, -0.15) is 5.10 Å². The van der Waals surface area contributed by atoms with Gasteiger partial charge in [0.15, 0.2) is 5.82 Å². The van der Waals surface area contributed by atoms with Crippen LogP contribution < -0.4 is 16.4 Å². The van der Waals surface area contributed by atoms with Gasteiger partial charge in [0.25, 0.3) is 0 Å². The molecule has 0 aliphatic carbocycles. The molecule has 2 aromatic heterocycles. The van der Waals surface area contributed by atoms with Gasteiger partial charge in [-0.25, -0.2) is 19.2 Å². The normalized spacial score (nSPS) is 10.7. The third-order valence-electron chi connectivity index (χ3n) is 4.62. The van der Waals surface area contributed by atoms with Crippen molar-refractivity contribution in [1.82, 2.24) is 19.7 Å². The maximum atomic E-state index is 15.5. The van der Waals surface area contributed by atoms with Crippen LogP contribution in [0.4, 0.5) is 26.5 Å². The van der Waals surface area contributed by atoms with Crippen molar-refractivity contribution >= 4 is 35.0 Å². The zero-order valence-corrected chi connectivity index (χ0v) is 17.8. The molecular formula is C22H19ClFN7O. The molecule has 0 spiro atoms. The maximum absolute atomic E-state index is 15.5. The molecule has 0 aliphatic rings. The van der Waals surface area contributed by atoms with Crippen LogP contribution in [0, 0.1) is 5.82 Å². The molecule has 4 rings (SSSR count). The monoisotopic (exact) mass is 451 g/mol. The topological polar surface area (TPSA) is 111 Å². The number of carbonyl (C=O) groups is 1. The van der Waals surface area contributed by atoms with Gasteiger partial charge in [-0.1, -0.05) is 29.8 Å². The van der Waals surface area contributed by atoms with E-state index < -0.39 is 11.8 Å². The van der Waals surface area contributed by atoms with Crippen LogP contribution in [-0.4, -0.2) is 25.8 Å². The van der Waals surface area contributed by atoms with Crippen LogP contribution in [0.5, 0.6) is 0 Å². The summed E-state index contributed by atoms with van der Waals surface area (Å²) in [7, 11) is 0. The molecule has 0 unspecified atom stereocenters. The van der Waals surface area contributed by atoms with Gasteiger partial charge in [0.1, 0.15) is 5.69 Å². The standard InChI is InChI=1S/C22H19ClFN7O/c1-2-31-12-16(20(30-31)18-9-10-26-21(25)28-18)15-7-4-8-17(19(15)24)29-22(32)27-14-6-3-5-13(23)11-14/h3-12H,2H2,1H3,(H2,25,26,28)(H2,27,29,32). The molecule has 0 atom stereocenters. The highest BCUT2D eigenvalue weighted by Gasteiger charge is 2.20.